The molecule has 3 rings (SSSR count). The Kier molecular flexibility index (Phi) is 4.94. The number of carbonyl (C=O) groups is 3. The fourth-order valence-electron chi connectivity index (χ4n) is 3.36. The number of amides is 2. The monoisotopic (exact) mass is 330 g/mol. The van der Waals surface area contributed by atoms with Crippen LogP contribution in [0, 0.1) is 0 Å². The van der Waals surface area contributed by atoms with E-state index in [1.165, 1.54) is 11.3 Å². The number of piperidine rings is 1. The van der Waals surface area contributed by atoms with Crippen LogP contribution in [0.4, 0.5) is 5.69 Å². The van der Waals surface area contributed by atoms with E-state index in [2.05, 4.69) is 4.90 Å². The molecule has 2 heterocycles. The summed E-state index contributed by atoms with van der Waals surface area (Å²) < 4.78 is 4.94. The molecule has 1 aromatic rings. The van der Waals surface area contributed by atoms with Crippen molar-refractivity contribution in [2.24, 2.45) is 0 Å². The average Bonchev–Trinajstić information content (AvgIpc) is 2.90. The fraction of sp³-hybridized carbons (Fsp3) is 0.500. The van der Waals surface area contributed by atoms with Crippen molar-refractivity contribution < 1.29 is 19.1 Å². The third-order valence-electron chi connectivity index (χ3n) is 4.59. The van der Waals surface area contributed by atoms with Crippen LogP contribution in [0.25, 0.3) is 0 Å². The van der Waals surface area contributed by atoms with Crippen molar-refractivity contribution in [2.45, 2.75) is 38.6 Å². The number of imide groups is 1. The molecule has 2 aliphatic heterocycles. The standard InChI is InChI=1S/C18H22N2O4/c1-2-24-18(23)13-6-8-14(9-7-13)20-16(21)12-15(17(20)22)19-10-4-3-5-11-19/h6-9,15H,2-5,10-12H2,1H3. The molecule has 0 aromatic heterocycles. The van der Waals surface area contributed by atoms with Gasteiger partial charge in [-0.3, -0.25) is 14.5 Å². The molecule has 0 saturated carbocycles. The van der Waals surface area contributed by atoms with Crippen molar-refractivity contribution in [3.8, 4) is 0 Å². The Labute approximate surface area is 141 Å². The van der Waals surface area contributed by atoms with Gasteiger partial charge in [0.2, 0.25) is 5.91 Å². The van der Waals surface area contributed by atoms with E-state index in [4.69, 9.17) is 4.74 Å². The van der Waals surface area contributed by atoms with E-state index in [0.29, 0.717) is 17.9 Å². The minimum absolute atomic E-state index is 0.161. The molecule has 1 unspecified atom stereocenters. The lowest BCUT2D eigenvalue weighted by atomic mass is 10.1. The number of ether oxygens (including phenoxy) is 1. The molecule has 24 heavy (non-hydrogen) atoms. The number of anilines is 1. The second-order valence-corrected chi connectivity index (χ2v) is 6.15. The van der Waals surface area contributed by atoms with Crippen molar-refractivity contribution in [3.63, 3.8) is 0 Å². The predicted octanol–water partition coefficient (Wildman–Crippen LogP) is 1.98. The lowest BCUT2D eigenvalue weighted by Crippen LogP contribution is -2.44. The van der Waals surface area contributed by atoms with Crippen LogP contribution in [0.2, 0.25) is 0 Å². The highest BCUT2D eigenvalue weighted by Gasteiger charge is 2.42. The summed E-state index contributed by atoms with van der Waals surface area (Å²) in [5.41, 5.74) is 0.921. The minimum Gasteiger partial charge on any atom is -0.462 e. The van der Waals surface area contributed by atoms with Gasteiger partial charge in [0.25, 0.3) is 5.91 Å². The highest BCUT2D eigenvalue weighted by atomic mass is 16.5. The van der Waals surface area contributed by atoms with Crippen LogP contribution in [-0.2, 0) is 14.3 Å². The first kappa shape index (κ1) is 16.6. The van der Waals surface area contributed by atoms with Crippen LogP contribution in [0.5, 0.6) is 0 Å². The number of carbonyl (C=O) groups excluding carboxylic acids is 3. The second kappa shape index (κ2) is 7.13. The van der Waals surface area contributed by atoms with Gasteiger partial charge in [0.05, 0.1) is 30.3 Å². The minimum atomic E-state index is -0.408. The molecule has 2 amide bonds. The van der Waals surface area contributed by atoms with Gasteiger partial charge >= 0.3 is 5.97 Å². The Morgan fingerprint density at radius 3 is 2.42 bits per heavy atom. The highest BCUT2D eigenvalue weighted by Crippen LogP contribution is 2.27. The number of nitrogens with zero attached hydrogens (tertiary/aromatic N) is 2. The van der Waals surface area contributed by atoms with Crippen LogP contribution in [0.1, 0.15) is 43.0 Å². The van der Waals surface area contributed by atoms with Gasteiger partial charge in [-0.15, -0.1) is 0 Å². The summed E-state index contributed by atoms with van der Waals surface area (Å²) in [5.74, 6) is -0.750. The van der Waals surface area contributed by atoms with Crippen LogP contribution in [0.15, 0.2) is 24.3 Å². The first-order valence-electron chi connectivity index (χ1n) is 8.50. The molecule has 1 atom stereocenters. The zero-order chi connectivity index (χ0) is 17.1. The third kappa shape index (κ3) is 3.19. The molecule has 6 heteroatoms. The van der Waals surface area contributed by atoms with Gasteiger partial charge in [-0.1, -0.05) is 6.42 Å². The number of hydrogen-bond acceptors (Lipinski definition) is 5. The lowest BCUT2D eigenvalue weighted by molar-refractivity contribution is -0.123. The van der Waals surface area contributed by atoms with Crippen molar-refractivity contribution in [1.29, 1.82) is 0 Å². The van der Waals surface area contributed by atoms with E-state index < -0.39 is 5.97 Å². The van der Waals surface area contributed by atoms with Gasteiger partial charge in [-0.05, 0) is 57.1 Å². The zero-order valence-electron chi connectivity index (χ0n) is 13.9. The molecule has 6 nitrogen and oxygen atoms in total. The van der Waals surface area contributed by atoms with E-state index in [1.54, 1.807) is 31.2 Å². The molecular weight excluding hydrogens is 308 g/mol. The fourth-order valence-corrected chi connectivity index (χ4v) is 3.36. The Morgan fingerprint density at radius 2 is 1.79 bits per heavy atom. The summed E-state index contributed by atoms with van der Waals surface area (Å²) in [4.78, 5) is 40.1. The van der Waals surface area contributed by atoms with Gasteiger partial charge in [0, 0.05) is 0 Å². The smallest absolute Gasteiger partial charge is 0.338 e. The van der Waals surface area contributed by atoms with Gasteiger partial charge in [-0.25, -0.2) is 9.69 Å². The molecular formula is C18H22N2O4. The van der Waals surface area contributed by atoms with E-state index in [0.717, 1.165) is 25.9 Å². The Hall–Kier alpha value is -2.21. The highest BCUT2D eigenvalue weighted by molar-refractivity contribution is 6.22. The number of benzene rings is 1. The zero-order valence-corrected chi connectivity index (χ0v) is 13.9. The molecule has 128 valence electrons. The van der Waals surface area contributed by atoms with Crippen molar-refractivity contribution in [3.05, 3.63) is 29.8 Å². The van der Waals surface area contributed by atoms with E-state index in [-0.39, 0.29) is 24.3 Å². The quantitative estimate of drug-likeness (QED) is 0.624. The molecule has 0 radical (unpaired) electrons. The molecule has 2 fully saturated rings. The maximum absolute atomic E-state index is 12.7. The summed E-state index contributed by atoms with van der Waals surface area (Å²) in [5, 5.41) is 0. The average molecular weight is 330 g/mol. The van der Waals surface area contributed by atoms with Gasteiger partial charge in [-0.2, -0.15) is 0 Å². The molecule has 0 bridgehead atoms. The van der Waals surface area contributed by atoms with Gasteiger partial charge in [0.15, 0.2) is 0 Å². The SMILES string of the molecule is CCOC(=O)c1ccc(N2C(=O)CC(N3CCCCC3)C2=O)cc1. The number of esters is 1. The number of hydrogen-bond donors (Lipinski definition) is 0. The molecule has 2 saturated heterocycles. The van der Waals surface area contributed by atoms with Crippen LogP contribution < -0.4 is 4.90 Å². The number of likely N-dealkylation sites (tertiary alicyclic amines) is 1. The topological polar surface area (TPSA) is 66.9 Å². The summed E-state index contributed by atoms with van der Waals surface area (Å²) >= 11 is 0. The molecule has 1 aromatic carbocycles. The third-order valence-corrected chi connectivity index (χ3v) is 4.59. The summed E-state index contributed by atoms with van der Waals surface area (Å²) in [6, 6.07) is 6.08. The van der Waals surface area contributed by atoms with Crippen molar-refractivity contribution in [1.82, 2.24) is 4.90 Å². The molecule has 2 aliphatic rings. The summed E-state index contributed by atoms with van der Waals surface area (Å²) in [7, 11) is 0. The predicted molar refractivity (Wildman–Crippen MR) is 88.7 cm³/mol. The second-order valence-electron chi connectivity index (χ2n) is 6.15. The Balaban J connectivity index is 1.75. The molecule has 0 aliphatic carbocycles. The first-order chi connectivity index (χ1) is 11.6. The van der Waals surface area contributed by atoms with Crippen LogP contribution >= 0.6 is 0 Å². The largest absolute Gasteiger partial charge is 0.462 e. The van der Waals surface area contributed by atoms with E-state index in [9.17, 15) is 14.4 Å². The maximum Gasteiger partial charge on any atom is 0.338 e. The Morgan fingerprint density at radius 1 is 1.12 bits per heavy atom. The van der Waals surface area contributed by atoms with E-state index >= 15 is 0 Å². The first-order valence-corrected chi connectivity index (χ1v) is 8.50. The normalized spacial score (nSPS) is 22.0. The number of rotatable bonds is 4. The van der Waals surface area contributed by atoms with Gasteiger partial charge < -0.3 is 4.74 Å². The van der Waals surface area contributed by atoms with Crippen LogP contribution in [0.3, 0.4) is 0 Å². The molecule has 0 N–H and O–H groups in total. The van der Waals surface area contributed by atoms with Gasteiger partial charge in [0.1, 0.15) is 0 Å². The van der Waals surface area contributed by atoms with Crippen molar-refractivity contribution >= 4 is 23.5 Å². The Bertz CT molecular complexity index is 635. The summed E-state index contributed by atoms with van der Waals surface area (Å²) in [6.45, 7) is 3.80. The lowest BCUT2D eigenvalue weighted by Gasteiger charge is -2.30. The summed E-state index contributed by atoms with van der Waals surface area (Å²) in [6.07, 6.45) is 3.57. The maximum atomic E-state index is 12.7. The van der Waals surface area contributed by atoms with E-state index in [1.807, 2.05) is 0 Å². The van der Waals surface area contributed by atoms with Crippen molar-refractivity contribution in [2.75, 3.05) is 24.6 Å². The molecule has 0 spiro atoms. The van der Waals surface area contributed by atoms with Crippen LogP contribution in [-0.4, -0.2) is 48.4 Å².